The number of halogens is 2. The van der Waals surface area contributed by atoms with Crippen LogP contribution in [-0.4, -0.2) is 31.9 Å². The average Bonchev–Trinajstić information content (AvgIpc) is 3.05. The van der Waals surface area contributed by atoms with Crippen LogP contribution in [0.5, 0.6) is 5.75 Å². The summed E-state index contributed by atoms with van der Waals surface area (Å²) < 4.78 is 0. The quantitative estimate of drug-likeness (QED) is 0.563. The van der Waals surface area contributed by atoms with Crippen molar-refractivity contribution in [2.45, 2.75) is 5.16 Å². The lowest BCUT2D eigenvalue weighted by molar-refractivity contribution is -0.113. The van der Waals surface area contributed by atoms with Gasteiger partial charge in [-0.2, -0.15) is 0 Å². The van der Waals surface area contributed by atoms with Crippen molar-refractivity contribution in [1.82, 2.24) is 15.2 Å². The molecule has 0 atom stereocenters. The summed E-state index contributed by atoms with van der Waals surface area (Å²) >= 11 is 12.9. The number of nitrogens with one attached hydrogen (secondary N) is 2. The Balaban J connectivity index is 1.59. The second-order valence-electron chi connectivity index (χ2n) is 4.95. The number of para-hydroxylation sites is 1. The lowest BCUT2D eigenvalue weighted by atomic mass is 10.2. The Morgan fingerprint density at radius 2 is 2.00 bits per heavy atom. The summed E-state index contributed by atoms with van der Waals surface area (Å²) in [5, 5.41) is 20.5. The number of benzene rings is 2. The number of nitrogens with zero attached hydrogens (tertiary/aromatic N) is 2. The molecule has 6 nitrogen and oxygen atoms in total. The second-order valence-corrected chi connectivity index (χ2v) is 6.71. The molecule has 1 amide bonds. The van der Waals surface area contributed by atoms with Crippen molar-refractivity contribution in [3.05, 3.63) is 52.5 Å². The van der Waals surface area contributed by atoms with Gasteiger partial charge in [-0.15, -0.1) is 5.10 Å². The number of aromatic nitrogens is 3. The number of aromatic amines is 1. The zero-order valence-corrected chi connectivity index (χ0v) is 15.0. The third-order valence-corrected chi connectivity index (χ3v) is 4.75. The van der Waals surface area contributed by atoms with Crippen molar-refractivity contribution < 1.29 is 9.90 Å². The number of hydrogen-bond acceptors (Lipinski definition) is 5. The summed E-state index contributed by atoms with van der Waals surface area (Å²) in [7, 11) is 0. The van der Waals surface area contributed by atoms with Crippen LogP contribution < -0.4 is 5.32 Å². The van der Waals surface area contributed by atoms with Crippen molar-refractivity contribution in [1.29, 1.82) is 0 Å². The van der Waals surface area contributed by atoms with E-state index in [-0.39, 0.29) is 17.4 Å². The maximum atomic E-state index is 12.0. The van der Waals surface area contributed by atoms with E-state index in [4.69, 9.17) is 23.2 Å². The van der Waals surface area contributed by atoms with Crippen LogP contribution in [0.25, 0.3) is 11.4 Å². The van der Waals surface area contributed by atoms with Gasteiger partial charge in [0, 0.05) is 5.69 Å². The van der Waals surface area contributed by atoms with Gasteiger partial charge in [-0.1, -0.05) is 47.1 Å². The lowest BCUT2D eigenvalue weighted by Crippen LogP contribution is -2.14. The molecule has 0 radical (unpaired) electrons. The maximum absolute atomic E-state index is 12.0. The predicted octanol–water partition coefficient (Wildman–Crippen LogP) is 4.21. The van der Waals surface area contributed by atoms with Gasteiger partial charge in [-0.05, 0) is 30.3 Å². The molecule has 3 aromatic rings. The van der Waals surface area contributed by atoms with Crippen LogP contribution >= 0.6 is 35.0 Å². The Morgan fingerprint density at radius 1 is 1.20 bits per heavy atom. The van der Waals surface area contributed by atoms with E-state index in [0.717, 1.165) is 0 Å². The molecule has 2 aromatic carbocycles. The van der Waals surface area contributed by atoms with Crippen molar-refractivity contribution in [3.63, 3.8) is 0 Å². The number of hydrogen-bond donors (Lipinski definition) is 3. The highest BCUT2D eigenvalue weighted by atomic mass is 35.5. The summed E-state index contributed by atoms with van der Waals surface area (Å²) in [6.07, 6.45) is 0. The molecule has 0 unspecified atom stereocenters. The Kier molecular flexibility index (Phi) is 5.47. The van der Waals surface area contributed by atoms with E-state index in [9.17, 15) is 9.90 Å². The number of phenolic OH excluding ortho intramolecular Hbond substituents is 1. The van der Waals surface area contributed by atoms with Crippen LogP contribution in [0, 0.1) is 0 Å². The number of aromatic hydroxyl groups is 1. The van der Waals surface area contributed by atoms with Crippen molar-refractivity contribution >= 4 is 46.6 Å². The van der Waals surface area contributed by atoms with E-state index in [1.807, 2.05) is 0 Å². The molecule has 0 spiro atoms. The summed E-state index contributed by atoms with van der Waals surface area (Å²) in [5.74, 6) is 0.438. The SMILES string of the molecule is O=C(CSc1n[nH]c(-c2ccccc2O)n1)Nc1ccc(Cl)c(Cl)c1. The number of rotatable bonds is 5. The van der Waals surface area contributed by atoms with Crippen molar-refractivity contribution in [2.24, 2.45) is 0 Å². The molecule has 1 heterocycles. The van der Waals surface area contributed by atoms with E-state index in [1.165, 1.54) is 11.8 Å². The zero-order valence-electron chi connectivity index (χ0n) is 12.7. The molecule has 9 heteroatoms. The Hall–Kier alpha value is -2.22. The number of amides is 1. The largest absolute Gasteiger partial charge is 0.507 e. The van der Waals surface area contributed by atoms with E-state index in [0.29, 0.717) is 32.3 Å². The first-order valence-corrected chi connectivity index (χ1v) is 8.85. The van der Waals surface area contributed by atoms with E-state index < -0.39 is 0 Å². The Bertz CT molecular complexity index is 917. The van der Waals surface area contributed by atoms with Gasteiger partial charge in [0.25, 0.3) is 0 Å². The van der Waals surface area contributed by atoms with Gasteiger partial charge < -0.3 is 10.4 Å². The highest BCUT2D eigenvalue weighted by Gasteiger charge is 2.11. The number of phenols is 1. The van der Waals surface area contributed by atoms with Crippen LogP contribution in [0.1, 0.15) is 0 Å². The second kappa shape index (κ2) is 7.77. The number of carbonyl (C=O) groups is 1. The van der Waals surface area contributed by atoms with E-state index in [1.54, 1.807) is 42.5 Å². The Morgan fingerprint density at radius 3 is 2.76 bits per heavy atom. The van der Waals surface area contributed by atoms with E-state index >= 15 is 0 Å². The molecule has 0 saturated heterocycles. The van der Waals surface area contributed by atoms with Crippen molar-refractivity contribution in [2.75, 3.05) is 11.1 Å². The molecule has 0 bridgehead atoms. The van der Waals surface area contributed by atoms with Gasteiger partial charge in [0.15, 0.2) is 5.82 Å². The smallest absolute Gasteiger partial charge is 0.234 e. The van der Waals surface area contributed by atoms with Crippen LogP contribution in [0.4, 0.5) is 5.69 Å². The maximum Gasteiger partial charge on any atom is 0.234 e. The average molecular weight is 395 g/mol. The highest BCUT2D eigenvalue weighted by molar-refractivity contribution is 7.99. The van der Waals surface area contributed by atoms with Crippen LogP contribution in [0.3, 0.4) is 0 Å². The van der Waals surface area contributed by atoms with Gasteiger partial charge in [0.05, 0.1) is 21.4 Å². The van der Waals surface area contributed by atoms with Gasteiger partial charge in [0.1, 0.15) is 5.75 Å². The molecule has 0 aliphatic rings. The normalized spacial score (nSPS) is 10.6. The van der Waals surface area contributed by atoms with Gasteiger partial charge in [-0.25, -0.2) is 4.98 Å². The zero-order chi connectivity index (χ0) is 17.8. The first kappa shape index (κ1) is 17.6. The number of thioether (sulfide) groups is 1. The summed E-state index contributed by atoms with van der Waals surface area (Å²) in [5.41, 5.74) is 1.10. The summed E-state index contributed by atoms with van der Waals surface area (Å²) in [6, 6.07) is 11.7. The fraction of sp³-hybridized carbons (Fsp3) is 0.0625. The molecule has 128 valence electrons. The van der Waals surface area contributed by atoms with Crippen molar-refractivity contribution in [3.8, 4) is 17.1 Å². The monoisotopic (exact) mass is 394 g/mol. The van der Waals surface area contributed by atoms with Crippen LogP contribution in [0.15, 0.2) is 47.6 Å². The Labute approximate surface area is 157 Å². The first-order valence-electron chi connectivity index (χ1n) is 7.11. The number of anilines is 1. The molecule has 3 rings (SSSR count). The molecule has 0 aliphatic heterocycles. The molecule has 0 aliphatic carbocycles. The highest BCUT2D eigenvalue weighted by Crippen LogP contribution is 2.27. The molecular formula is C16H12Cl2N4O2S. The molecule has 1 aromatic heterocycles. The molecule has 3 N–H and O–H groups in total. The minimum Gasteiger partial charge on any atom is -0.507 e. The summed E-state index contributed by atoms with van der Waals surface area (Å²) in [4.78, 5) is 16.3. The fourth-order valence-electron chi connectivity index (χ4n) is 2.01. The molecule has 0 fully saturated rings. The van der Waals surface area contributed by atoms with Crippen LogP contribution in [0.2, 0.25) is 10.0 Å². The van der Waals surface area contributed by atoms with Crippen LogP contribution in [-0.2, 0) is 4.79 Å². The first-order chi connectivity index (χ1) is 12.0. The molecular weight excluding hydrogens is 383 g/mol. The molecule has 25 heavy (non-hydrogen) atoms. The standard InChI is InChI=1S/C16H12Cl2N4O2S/c17-11-6-5-9(7-12(11)18)19-14(24)8-25-16-20-15(21-22-16)10-3-1-2-4-13(10)23/h1-7,23H,8H2,(H,19,24)(H,20,21,22). The number of H-pyrrole nitrogens is 1. The van der Waals surface area contributed by atoms with Gasteiger partial charge >= 0.3 is 0 Å². The minimum atomic E-state index is -0.225. The predicted molar refractivity (Wildman–Crippen MR) is 99.3 cm³/mol. The topological polar surface area (TPSA) is 90.9 Å². The van der Waals surface area contributed by atoms with Gasteiger partial charge in [-0.3, -0.25) is 9.89 Å². The number of carbonyl (C=O) groups excluding carboxylic acids is 1. The lowest BCUT2D eigenvalue weighted by Gasteiger charge is -2.05. The third kappa shape index (κ3) is 4.45. The molecule has 0 saturated carbocycles. The van der Waals surface area contributed by atoms with E-state index in [2.05, 4.69) is 20.5 Å². The minimum absolute atomic E-state index is 0.104. The third-order valence-electron chi connectivity index (χ3n) is 3.16. The summed E-state index contributed by atoms with van der Waals surface area (Å²) in [6.45, 7) is 0. The fourth-order valence-corrected chi connectivity index (χ4v) is 2.90. The van der Waals surface area contributed by atoms with Gasteiger partial charge in [0.2, 0.25) is 11.1 Å².